The third kappa shape index (κ3) is 4.62. The van der Waals surface area contributed by atoms with Gasteiger partial charge in [0.05, 0.1) is 4.90 Å². The molecule has 2 N–H and O–H groups in total. The van der Waals surface area contributed by atoms with E-state index in [0.717, 1.165) is 31.4 Å². The van der Waals surface area contributed by atoms with Crippen molar-refractivity contribution in [1.29, 1.82) is 0 Å². The smallest absolute Gasteiger partial charge is 0.271 e. The molecule has 0 atom stereocenters. The molecule has 1 aliphatic rings. The second kappa shape index (κ2) is 7.88. The monoisotopic (exact) mass is 391 g/mol. The SMILES string of the molecule is O=C(NN=C1CCCC1)c1cccc(S(=O)(=O)Nc2ccc(Cl)cc2)c1. The molecule has 6 nitrogen and oxygen atoms in total. The molecule has 0 aliphatic heterocycles. The first kappa shape index (κ1) is 18.4. The number of hydrazone groups is 1. The molecule has 3 rings (SSSR count). The van der Waals surface area contributed by atoms with E-state index in [1.165, 1.54) is 18.2 Å². The van der Waals surface area contributed by atoms with Gasteiger partial charge in [0.2, 0.25) is 0 Å². The molecule has 0 aromatic heterocycles. The molecule has 0 radical (unpaired) electrons. The minimum absolute atomic E-state index is 0.00591. The number of sulfonamides is 1. The van der Waals surface area contributed by atoms with Gasteiger partial charge in [-0.05, 0) is 68.1 Å². The zero-order chi connectivity index (χ0) is 18.6. The molecule has 0 unspecified atom stereocenters. The number of halogens is 1. The van der Waals surface area contributed by atoms with Crippen molar-refractivity contribution in [2.75, 3.05) is 4.72 Å². The first-order valence-electron chi connectivity index (χ1n) is 8.18. The number of benzene rings is 2. The zero-order valence-corrected chi connectivity index (χ0v) is 15.5. The number of nitrogens with one attached hydrogen (secondary N) is 2. The second-order valence-corrected chi connectivity index (χ2v) is 8.09. The van der Waals surface area contributed by atoms with E-state index in [4.69, 9.17) is 11.6 Å². The molecule has 0 saturated heterocycles. The number of carbonyl (C=O) groups excluding carboxylic acids is 1. The van der Waals surface area contributed by atoms with Crippen LogP contribution in [0.4, 0.5) is 5.69 Å². The molecular weight excluding hydrogens is 374 g/mol. The minimum atomic E-state index is -3.82. The summed E-state index contributed by atoms with van der Waals surface area (Å²) in [5.74, 6) is -0.437. The molecule has 1 aliphatic carbocycles. The van der Waals surface area contributed by atoms with Crippen LogP contribution >= 0.6 is 11.6 Å². The van der Waals surface area contributed by atoms with Crippen LogP contribution in [-0.2, 0) is 10.0 Å². The van der Waals surface area contributed by atoms with Gasteiger partial charge < -0.3 is 0 Å². The van der Waals surface area contributed by atoms with Gasteiger partial charge in [0.25, 0.3) is 15.9 Å². The van der Waals surface area contributed by atoms with Crippen LogP contribution in [0, 0.1) is 0 Å². The maximum absolute atomic E-state index is 12.5. The third-order valence-electron chi connectivity index (χ3n) is 4.00. The molecule has 136 valence electrons. The predicted molar refractivity (Wildman–Crippen MR) is 102 cm³/mol. The van der Waals surface area contributed by atoms with Crippen molar-refractivity contribution in [2.24, 2.45) is 5.10 Å². The Morgan fingerprint density at radius 3 is 2.42 bits per heavy atom. The van der Waals surface area contributed by atoms with E-state index in [1.807, 2.05) is 0 Å². The van der Waals surface area contributed by atoms with Gasteiger partial charge in [0.1, 0.15) is 0 Å². The lowest BCUT2D eigenvalue weighted by Crippen LogP contribution is -2.20. The standard InChI is InChI=1S/C18H18ClN3O3S/c19-14-8-10-16(11-9-14)22-26(24,25)17-7-3-4-13(12-17)18(23)21-20-15-5-1-2-6-15/h3-4,7-12,22H,1-2,5-6H2,(H,21,23). The van der Waals surface area contributed by atoms with Crippen molar-refractivity contribution in [1.82, 2.24) is 5.43 Å². The third-order valence-corrected chi connectivity index (χ3v) is 5.63. The fourth-order valence-electron chi connectivity index (χ4n) is 2.63. The van der Waals surface area contributed by atoms with Crippen molar-refractivity contribution in [3.05, 3.63) is 59.1 Å². The summed E-state index contributed by atoms with van der Waals surface area (Å²) in [4.78, 5) is 12.2. The Balaban J connectivity index is 1.75. The minimum Gasteiger partial charge on any atom is -0.280 e. The molecule has 2 aromatic rings. The topological polar surface area (TPSA) is 87.6 Å². The van der Waals surface area contributed by atoms with Crippen LogP contribution < -0.4 is 10.1 Å². The van der Waals surface area contributed by atoms with Crippen LogP contribution in [0.3, 0.4) is 0 Å². The quantitative estimate of drug-likeness (QED) is 0.760. The van der Waals surface area contributed by atoms with E-state index in [0.29, 0.717) is 10.7 Å². The van der Waals surface area contributed by atoms with Crippen molar-refractivity contribution in [3.63, 3.8) is 0 Å². The highest BCUT2D eigenvalue weighted by atomic mass is 35.5. The summed E-state index contributed by atoms with van der Waals surface area (Å²) in [6, 6.07) is 12.1. The van der Waals surface area contributed by atoms with Crippen LogP contribution in [0.1, 0.15) is 36.0 Å². The molecule has 1 fully saturated rings. The average molecular weight is 392 g/mol. The summed E-state index contributed by atoms with van der Waals surface area (Å²) < 4.78 is 27.5. The maximum atomic E-state index is 12.5. The van der Waals surface area contributed by atoms with E-state index in [-0.39, 0.29) is 10.5 Å². The highest BCUT2D eigenvalue weighted by Crippen LogP contribution is 2.19. The predicted octanol–water partition coefficient (Wildman–Crippen LogP) is 3.80. The Labute approximate surface area is 157 Å². The number of carbonyl (C=O) groups is 1. The van der Waals surface area contributed by atoms with Crippen LogP contribution in [0.25, 0.3) is 0 Å². The summed E-state index contributed by atoms with van der Waals surface area (Å²) in [6.07, 6.45) is 3.94. The van der Waals surface area contributed by atoms with Crippen LogP contribution in [-0.4, -0.2) is 20.0 Å². The van der Waals surface area contributed by atoms with Gasteiger partial charge in [-0.25, -0.2) is 13.8 Å². The molecule has 1 amide bonds. The van der Waals surface area contributed by atoms with Crippen molar-refractivity contribution >= 4 is 38.9 Å². The van der Waals surface area contributed by atoms with Crippen molar-refractivity contribution in [2.45, 2.75) is 30.6 Å². The first-order valence-corrected chi connectivity index (χ1v) is 10.0. The van der Waals surface area contributed by atoms with Gasteiger partial charge in [-0.15, -0.1) is 0 Å². The first-order chi connectivity index (χ1) is 12.4. The second-order valence-electron chi connectivity index (χ2n) is 5.97. The Bertz CT molecular complexity index is 932. The molecule has 0 bridgehead atoms. The summed E-state index contributed by atoms with van der Waals surface area (Å²) in [6.45, 7) is 0. The highest BCUT2D eigenvalue weighted by Gasteiger charge is 2.17. The molecule has 2 aromatic carbocycles. The fourth-order valence-corrected chi connectivity index (χ4v) is 3.86. The fraction of sp³-hybridized carbons (Fsp3) is 0.222. The molecule has 0 spiro atoms. The average Bonchev–Trinajstić information content (AvgIpc) is 3.15. The molecule has 26 heavy (non-hydrogen) atoms. The summed E-state index contributed by atoms with van der Waals surface area (Å²) in [5, 5.41) is 4.62. The number of rotatable bonds is 5. The number of hydrogen-bond donors (Lipinski definition) is 2. The number of amides is 1. The molecular formula is C18H18ClN3O3S. The maximum Gasteiger partial charge on any atom is 0.271 e. The zero-order valence-electron chi connectivity index (χ0n) is 13.9. The van der Waals surface area contributed by atoms with Crippen LogP contribution in [0.5, 0.6) is 0 Å². The van der Waals surface area contributed by atoms with E-state index in [1.54, 1.807) is 30.3 Å². The highest BCUT2D eigenvalue weighted by molar-refractivity contribution is 7.92. The van der Waals surface area contributed by atoms with Gasteiger partial charge >= 0.3 is 0 Å². The molecule has 1 saturated carbocycles. The molecule has 0 heterocycles. The lowest BCUT2D eigenvalue weighted by molar-refractivity contribution is 0.0954. The van der Waals surface area contributed by atoms with Crippen molar-refractivity contribution in [3.8, 4) is 0 Å². The Hall–Kier alpha value is -2.38. The lowest BCUT2D eigenvalue weighted by Gasteiger charge is -2.09. The largest absolute Gasteiger partial charge is 0.280 e. The van der Waals surface area contributed by atoms with E-state index < -0.39 is 15.9 Å². The summed E-state index contributed by atoms with van der Waals surface area (Å²) in [7, 11) is -3.82. The lowest BCUT2D eigenvalue weighted by atomic mass is 10.2. The van der Waals surface area contributed by atoms with Crippen LogP contribution in [0.15, 0.2) is 58.5 Å². The van der Waals surface area contributed by atoms with Crippen molar-refractivity contribution < 1.29 is 13.2 Å². The number of anilines is 1. The number of nitrogens with zero attached hydrogens (tertiary/aromatic N) is 1. The van der Waals surface area contributed by atoms with Crippen LogP contribution in [0.2, 0.25) is 5.02 Å². The summed E-state index contributed by atoms with van der Waals surface area (Å²) in [5.41, 5.74) is 4.07. The van der Waals surface area contributed by atoms with Gasteiger partial charge in [-0.3, -0.25) is 9.52 Å². The van der Waals surface area contributed by atoms with E-state index in [2.05, 4.69) is 15.2 Å². The molecule has 8 heteroatoms. The van der Waals surface area contributed by atoms with E-state index in [9.17, 15) is 13.2 Å². The van der Waals surface area contributed by atoms with Gasteiger partial charge in [-0.1, -0.05) is 17.7 Å². The Morgan fingerprint density at radius 2 is 1.73 bits per heavy atom. The van der Waals surface area contributed by atoms with Gasteiger partial charge in [0, 0.05) is 22.0 Å². The number of hydrogen-bond acceptors (Lipinski definition) is 4. The Kier molecular flexibility index (Phi) is 5.58. The van der Waals surface area contributed by atoms with E-state index >= 15 is 0 Å². The van der Waals surface area contributed by atoms with Gasteiger partial charge in [-0.2, -0.15) is 5.10 Å². The van der Waals surface area contributed by atoms with Gasteiger partial charge in [0.15, 0.2) is 0 Å². The summed E-state index contributed by atoms with van der Waals surface area (Å²) >= 11 is 5.80. The Morgan fingerprint density at radius 1 is 1.04 bits per heavy atom. The normalized spacial score (nSPS) is 14.1.